The maximum atomic E-state index is 12.7. The number of thiophene rings is 1. The number of piperazine rings is 1. The van der Waals surface area contributed by atoms with E-state index in [1.165, 1.54) is 21.2 Å². The molecule has 0 bridgehead atoms. The monoisotopic (exact) mass is 418 g/mol. The molecule has 6 nitrogen and oxygen atoms in total. The zero-order valence-corrected chi connectivity index (χ0v) is 17.3. The third-order valence-electron chi connectivity index (χ3n) is 5.15. The van der Waals surface area contributed by atoms with E-state index in [1.807, 2.05) is 12.1 Å². The first kappa shape index (κ1) is 19.2. The minimum Gasteiger partial charge on any atom is -0.464 e. The number of rotatable bonds is 5. The maximum Gasteiger partial charge on any atom is 0.252 e. The lowest BCUT2D eigenvalue weighted by Gasteiger charge is -2.33. The van der Waals surface area contributed by atoms with Crippen LogP contribution in [0, 0.1) is 0 Å². The van der Waals surface area contributed by atoms with Gasteiger partial charge in [-0.15, -0.1) is 11.3 Å². The topological polar surface area (TPSA) is 70.8 Å². The number of sulfonamides is 1. The van der Waals surface area contributed by atoms with Gasteiger partial charge in [0, 0.05) is 37.1 Å². The van der Waals surface area contributed by atoms with E-state index in [1.54, 1.807) is 28.7 Å². The van der Waals surface area contributed by atoms with Crippen LogP contribution in [0.1, 0.15) is 18.1 Å². The van der Waals surface area contributed by atoms with Gasteiger partial charge in [0.2, 0.25) is 5.91 Å². The molecule has 0 spiro atoms. The van der Waals surface area contributed by atoms with Gasteiger partial charge in [-0.25, -0.2) is 8.42 Å². The van der Waals surface area contributed by atoms with Crippen molar-refractivity contribution in [1.82, 2.24) is 9.21 Å². The summed E-state index contributed by atoms with van der Waals surface area (Å²) in [6, 6.07) is 9.42. The Morgan fingerprint density at radius 1 is 1.18 bits per heavy atom. The average molecular weight is 419 g/mol. The molecule has 3 aromatic rings. The summed E-state index contributed by atoms with van der Waals surface area (Å²) in [6.45, 7) is 3.53. The summed E-state index contributed by atoms with van der Waals surface area (Å²) >= 11 is 1.22. The Balaban J connectivity index is 1.41. The SMILES string of the molecule is CCc1ccc2c(CC(=O)N3CCN(S(=O)(=O)c4cccs4)CC3)coc2c1. The first-order chi connectivity index (χ1) is 13.5. The molecule has 1 fully saturated rings. The molecule has 1 amide bonds. The van der Waals surface area contributed by atoms with E-state index in [-0.39, 0.29) is 12.3 Å². The van der Waals surface area contributed by atoms with Crippen LogP contribution in [-0.4, -0.2) is 49.7 Å². The summed E-state index contributed by atoms with van der Waals surface area (Å²) in [5, 5.41) is 2.72. The van der Waals surface area contributed by atoms with Gasteiger partial charge in [0.05, 0.1) is 12.7 Å². The van der Waals surface area contributed by atoms with E-state index in [0.717, 1.165) is 23.0 Å². The second-order valence-electron chi connectivity index (χ2n) is 6.84. The Kier molecular flexibility index (Phi) is 5.27. The molecule has 3 heterocycles. The van der Waals surface area contributed by atoms with Crippen molar-refractivity contribution in [3.05, 3.63) is 53.1 Å². The first-order valence-corrected chi connectivity index (χ1v) is 11.6. The van der Waals surface area contributed by atoms with Gasteiger partial charge in [0.1, 0.15) is 9.79 Å². The largest absolute Gasteiger partial charge is 0.464 e. The van der Waals surface area contributed by atoms with Crippen molar-refractivity contribution in [2.24, 2.45) is 0 Å². The van der Waals surface area contributed by atoms with Crippen molar-refractivity contribution in [1.29, 1.82) is 0 Å². The van der Waals surface area contributed by atoms with Crippen molar-refractivity contribution >= 4 is 38.2 Å². The maximum absolute atomic E-state index is 12.7. The normalized spacial score (nSPS) is 16.0. The fraction of sp³-hybridized carbons (Fsp3) is 0.350. The molecule has 0 N–H and O–H groups in total. The van der Waals surface area contributed by atoms with Crippen LogP contribution in [0.15, 0.2) is 50.6 Å². The third-order valence-corrected chi connectivity index (χ3v) is 8.42. The van der Waals surface area contributed by atoms with Crippen LogP contribution < -0.4 is 0 Å². The third kappa shape index (κ3) is 3.59. The first-order valence-electron chi connectivity index (χ1n) is 9.29. The Morgan fingerprint density at radius 2 is 1.96 bits per heavy atom. The van der Waals surface area contributed by atoms with Gasteiger partial charge in [-0.2, -0.15) is 4.31 Å². The second-order valence-corrected chi connectivity index (χ2v) is 9.95. The standard InChI is InChI=1S/C20H22N2O4S2/c1-2-15-5-6-17-16(14-26-18(17)12-15)13-19(23)21-7-9-22(10-8-21)28(24,25)20-4-3-11-27-20/h3-6,11-12,14H,2,7-10,13H2,1H3. The highest BCUT2D eigenvalue weighted by Gasteiger charge is 2.30. The van der Waals surface area contributed by atoms with E-state index in [0.29, 0.717) is 30.4 Å². The summed E-state index contributed by atoms with van der Waals surface area (Å²) in [6.07, 6.45) is 2.85. The van der Waals surface area contributed by atoms with E-state index in [9.17, 15) is 13.2 Å². The number of benzene rings is 1. The molecule has 0 radical (unpaired) electrons. The molecule has 0 atom stereocenters. The highest BCUT2D eigenvalue weighted by Crippen LogP contribution is 2.25. The van der Waals surface area contributed by atoms with Crippen molar-refractivity contribution in [2.75, 3.05) is 26.2 Å². The summed E-state index contributed by atoms with van der Waals surface area (Å²) in [5.74, 6) is -0.00422. The molecular formula is C20H22N2O4S2. The fourth-order valence-corrected chi connectivity index (χ4v) is 6.04. The molecule has 0 aliphatic carbocycles. The fourth-order valence-electron chi connectivity index (χ4n) is 3.47. The Hall–Kier alpha value is -2.16. The van der Waals surface area contributed by atoms with Crippen LogP contribution in [0.3, 0.4) is 0 Å². The smallest absolute Gasteiger partial charge is 0.252 e. The summed E-state index contributed by atoms with van der Waals surface area (Å²) in [5.41, 5.74) is 2.87. The zero-order chi connectivity index (χ0) is 19.7. The molecule has 2 aromatic heterocycles. The van der Waals surface area contributed by atoms with Crippen LogP contribution >= 0.6 is 11.3 Å². The number of hydrogen-bond acceptors (Lipinski definition) is 5. The molecule has 0 saturated carbocycles. The number of hydrogen-bond donors (Lipinski definition) is 0. The van der Waals surface area contributed by atoms with E-state index in [4.69, 9.17) is 4.42 Å². The van der Waals surface area contributed by atoms with Crippen molar-refractivity contribution in [3.8, 4) is 0 Å². The van der Waals surface area contributed by atoms with Gasteiger partial charge in [-0.3, -0.25) is 4.79 Å². The number of carbonyl (C=O) groups excluding carboxylic acids is 1. The van der Waals surface area contributed by atoms with Crippen LogP contribution in [-0.2, 0) is 27.7 Å². The van der Waals surface area contributed by atoms with Gasteiger partial charge in [-0.05, 0) is 29.5 Å². The van der Waals surface area contributed by atoms with Crippen molar-refractivity contribution in [2.45, 2.75) is 24.0 Å². The van der Waals surface area contributed by atoms with Crippen LogP contribution in [0.2, 0.25) is 0 Å². The van der Waals surface area contributed by atoms with Gasteiger partial charge < -0.3 is 9.32 Å². The predicted octanol–water partition coefficient (Wildman–Crippen LogP) is 3.13. The molecule has 148 valence electrons. The Morgan fingerprint density at radius 3 is 2.64 bits per heavy atom. The predicted molar refractivity (Wildman–Crippen MR) is 109 cm³/mol. The molecular weight excluding hydrogens is 396 g/mol. The number of fused-ring (bicyclic) bond motifs is 1. The number of amides is 1. The average Bonchev–Trinajstić information content (AvgIpc) is 3.38. The molecule has 0 unspecified atom stereocenters. The van der Waals surface area contributed by atoms with Gasteiger partial charge in [-0.1, -0.05) is 25.1 Å². The number of nitrogens with zero attached hydrogens (tertiary/aromatic N) is 2. The van der Waals surface area contributed by atoms with Gasteiger partial charge in [0.25, 0.3) is 10.0 Å². The van der Waals surface area contributed by atoms with Gasteiger partial charge >= 0.3 is 0 Å². The summed E-state index contributed by atoms with van der Waals surface area (Å²) < 4.78 is 32.6. The van der Waals surface area contributed by atoms with Gasteiger partial charge in [0.15, 0.2) is 0 Å². The number of furan rings is 1. The molecule has 28 heavy (non-hydrogen) atoms. The van der Waals surface area contributed by atoms with Crippen molar-refractivity contribution < 1.29 is 17.6 Å². The molecule has 1 saturated heterocycles. The highest BCUT2D eigenvalue weighted by atomic mass is 32.2. The Labute approximate surface area is 168 Å². The lowest BCUT2D eigenvalue weighted by Crippen LogP contribution is -2.50. The van der Waals surface area contributed by atoms with Crippen LogP contribution in [0.25, 0.3) is 11.0 Å². The van der Waals surface area contributed by atoms with E-state index in [2.05, 4.69) is 13.0 Å². The minimum atomic E-state index is -3.45. The van der Waals surface area contributed by atoms with Crippen LogP contribution in [0.5, 0.6) is 0 Å². The molecule has 1 aliphatic heterocycles. The summed E-state index contributed by atoms with van der Waals surface area (Å²) in [7, 11) is -3.45. The molecule has 1 aromatic carbocycles. The van der Waals surface area contributed by atoms with Crippen molar-refractivity contribution in [3.63, 3.8) is 0 Å². The lowest BCUT2D eigenvalue weighted by molar-refractivity contribution is -0.131. The minimum absolute atomic E-state index is 0.00422. The molecule has 8 heteroatoms. The highest BCUT2D eigenvalue weighted by molar-refractivity contribution is 7.91. The number of carbonyl (C=O) groups is 1. The second kappa shape index (κ2) is 7.69. The number of aryl methyl sites for hydroxylation is 1. The van der Waals surface area contributed by atoms with E-state index >= 15 is 0 Å². The molecule has 1 aliphatic rings. The Bertz CT molecular complexity index is 1080. The quantitative estimate of drug-likeness (QED) is 0.638. The lowest BCUT2D eigenvalue weighted by atomic mass is 10.1. The summed E-state index contributed by atoms with van der Waals surface area (Å²) in [4.78, 5) is 14.5. The van der Waals surface area contributed by atoms with Crippen LogP contribution in [0.4, 0.5) is 0 Å². The zero-order valence-electron chi connectivity index (χ0n) is 15.6. The molecule has 4 rings (SSSR count). The van der Waals surface area contributed by atoms with E-state index < -0.39 is 10.0 Å².